The third kappa shape index (κ3) is 7.77. The molecule has 2 rings (SSSR count). The SMILES string of the molecule is CC(=[OH+])[C-](C(C)=[OH+])c1ccccc1.CC(=[OH+])[C-](C(C)=[OH+])c1ccccc1.[Ti]. The van der Waals surface area contributed by atoms with Crippen LogP contribution in [0.4, 0.5) is 0 Å². The number of carbonyl (C=O) groups excluding carboxylic acids is 4. The zero-order valence-electron chi connectivity index (χ0n) is 16.1. The van der Waals surface area contributed by atoms with Crippen molar-refractivity contribution in [2.45, 2.75) is 27.7 Å². The smallest absolute Gasteiger partial charge is 0.278 e. The second kappa shape index (κ2) is 12.1. The topological polar surface area (TPSA) is 85.6 Å². The molecule has 0 heterocycles. The number of ketones is 4. The van der Waals surface area contributed by atoms with Crippen LogP contribution in [-0.2, 0) is 21.7 Å². The van der Waals surface area contributed by atoms with Gasteiger partial charge in [0.05, 0.1) is 11.8 Å². The van der Waals surface area contributed by atoms with Crippen molar-refractivity contribution in [3.05, 3.63) is 83.6 Å². The van der Waals surface area contributed by atoms with Crippen LogP contribution >= 0.6 is 0 Å². The molecule has 2 aromatic rings. The van der Waals surface area contributed by atoms with E-state index in [1.807, 2.05) is 60.7 Å². The first-order valence-corrected chi connectivity index (χ1v) is 8.22. The predicted molar refractivity (Wildman–Crippen MR) is 108 cm³/mol. The Balaban J connectivity index is 0.000000483. The Hall–Kier alpha value is -2.43. The zero-order chi connectivity index (χ0) is 19.7. The zero-order valence-corrected chi connectivity index (χ0v) is 17.6. The van der Waals surface area contributed by atoms with Crippen LogP contribution < -0.4 is 0 Å². The van der Waals surface area contributed by atoms with E-state index in [1.165, 1.54) is 0 Å². The normalized spacial score (nSPS) is 9.04. The first-order valence-electron chi connectivity index (χ1n) is 8.22. The Labute approximate surface area is 175 Å². The number of rotatable bonds is 6. The molecule has 0 aromatic heterocycles. The largest absolute Gasteiger partial charge is 0.292 e. The third-order valence-corrected chi connectivity index (χ3v) is 3.57. The summed E-state index contributed by atoms with van der Waals surface area (Å²) in [6, 6.07) is 18.6. The Bertz CT molecular complexity index is 674. The molecule has 0 saturated carbocycles. The summed E-state index contributed by atoms with van der Waals surface area (Å²) in [5.74, 6) is 1.52. The van der Waals surface area contributed by atoms with Gasteiger partial charge in [0.2, 0.25) is 0 Å². The van der Waals surface area contributed by atoms with Crippen molar-refractivity contribution in [3.63, 3.8) is 0 Å². The summed E-state index contributed by atoms with van der Waals surface area (Å²) in [5.41, 5.74) is 1.64. The summed E-state index contributed by atoms with van der Waals surface area (Å²) in [6.07, 6.45) is 0. The molecule has 0 amide bonds. The van der Waals surface area contributed by atoms with E-state index in [1.54, 1.807) is 27.7 Å². The summed E-state index contributed by atoms with van der Waals surface area (Å²) in [4.78, 5) is 37.3. The standard InChI is InChI=1S/2C11H11O2.Ti/c2*1-8(12)11(9(2)13)10-6-4-3-5-7-10;/h2*3-7H,1-2H3;/q2*-1;/p+4. The van der Waals surface area contributed by atoms with Crippen molar-refractivity contribution in [2.24, 2.45) is 0 Å². The fourth-order valence-corrected chi connectivity index (χ4v) is 2.57. The number of hydrogen-bond donors (Lipinski definition) is 0. The Morgan fingerprint density at radius 3 is 0.926 bits per heavy atom. The molecule has 2 aromatic carbocycles. The third-order valence-electron chi connectivity index (χ3n) is 3.57. The molecule has 0 atom stereocenters. The minimum Gasteiger partial charge on any atom is -0.292 e. The summed E-state index contributed by atoms with van der Waals surface area (Å²) >= 11 is 0. The second-order valence-electron chi connectivity index (χ2n) is 5.82. The van der Waals surface area contributed by atoms with Gasteiger partial charge in [-0.1, -0.05) is 12.1 Å². The van der Waals surface area contributed by atoms with Crippen LogP contribution in [0.5, 0.6) is 0 Å². The Kier molecular flexibility index (Phi) is 11.0. The molecular formula is C22H26O4Ti+2. The van der Waals surface area contributed by atoms with Crippen molar-refractivity contribution in [1.29, 1.82) is 0 Å². The summed E-state index contributed by atoms with van der Waals surface area (Å²) in [7, 11) is 0. The summed E-state index contributed by atoms with van der Waals surface area (Å²) in [5, 5.41) is 0. The maximum atomic E-state index is 9.33. The molecule has 4 N–H and O–H groups in total. The second-order valence-corrected chi connectivity index (χ2v) is 5.82. The van der Waals surface area contributed by atoms with Crippen molar-refractivity contribution in [1.82, 2.24) is 0 Å². The Morgan fingerprint density at radius 1 is 0.519 bits per heavy atom. The predicted octanol–water partition coefficient (Wildman–Crippen LogP) is 3.48. The molecule has 0 spiro atoms. The van der Waals surface area contributed by atoms with Crippen molar-refractivity contribution in [3.8, 4) is 0 Å². The van der Waals surface area contributed by atoms with Crippen LogP contribution in [0.1, 0.15) is 38.8 Å². The van der Waals surface area contributed by atoms with Crippen molar-refractivity contribution in [2.75, 3.05) is 0 Å². The summed E-state index contributed by atoms with van der Waals surface area (Å²) < 4.78 is 0. The number of hydrogen-bond acceptors (Lipinski definition) is 0. The summed E-state index contributed by atoms with van der Waals surface area (Å²) in [6.45, 7) is 6.23. The average Bonchev–Trinajstić information content (AvgIpc) is 2.56. The van der Waals surface area contributed by atoms with Gasteiger partial charge in [0.1, 0.15) is 0 Å². The van der Waals surface area contributed by atoms with Gasteiger partial charge >= 0.3 is 0 Å². The maximum absolute atomic E-state index is 9.33. The van der Waals surface area contributed by atoms with E-state index < -0.39 is 0 Å². The first kappa shape index (κ1) is 24.6. The quantitative estimate of drug-likeness (QED) is 0.307. The van der Waals surface area contributed by atoms with Gasteiger partial charge in [-0.25, -0.2) is 0 Å². The van der Waals surface area contributed by atoms with E-state index in [2.05, 4.69) is 0 Å². The van der Waals surface area contributed by atoms with E-state index >= 15 is 0 Å². The monoisotopic (exact) mass is 402 g/mol. The molecule has 0 fully saturated rings. The Morgan fingerprint density at radius 2 is 0.741 bits per heavy atom. The van der Waals surface area contributed by atoms with Gasteiger partial charge in [-0.2, -0.15) is 35.4 Å². The van der Waals surface area contributed by atoms with Crippen molar-refractivity contribution < 1.29 is 40.9 Å². The fourth-order valence-electron chi connectivity index (χ4n) is 2.57. The minimum atomic E-state index is 0. The minimum absolute atomic E-state index is 0. The van der Waals surface area contributed by atoms with Gasteiger partial charge in [0.25, 0.3) is 23.1 Å². The van der Waals surface area contributed by atoms with E-state index in [9.17, 15) is 19.2 Å². The van der Waals surface area contributed by atoms with Gasteiger partial charge < -0.3 is 0 Å². The van der Waals surface area contributed by atoms with Crippen LogP contribution in [0.2, 0.25) is 0 Å². The molecule has 4 nitrogen and oxygen atoms in total. The van der Waals surface area contributed by atoms with Gasteiger partial charge in [0.15, 0.2) is 0 Å². The molecule has 0 unspecified atom stereocenters. The average molecular weight is 402 g/mol. The van der Waals surface area contributed by atoms with E-state index in [4.69, 9.17) is 0 Å². The molecule has 0 saturated heterocycles. The van der Waals surface area contributed by atoms with E-state index in [0.29, 0.717) is 11.8 Å². The molecule has 0 radical (unpaired) electrons. The van der Waals surface area contributed by atoms with E-state index in [0.717, 1.165) is 11.1 Å². The van der Waals surface area contributed by atoms with Gasteiger partial charge in [-0.15, -0.1) is 24.3 Å². The van der Waals surface area contributed by atoms with Crippen LogP contribution in [-0.4, -0.2) is 42.3 Å². The molecule has 5 heteroatoms. The molecule has 27 heavy (non-hydrogen) atoms. The van der Waals surface area contributed by atoms with Gasteiger partial charge in [-0.3, -0.25) is 19.2 Å². The van der Waals surface area contributed by atoms with Crippen LogP contribution in [0.3, 0.4) is 0 Å². The molecule has 0 bridgehead atoms. The number of benzene rings is 2. The van der Waals surface area contributed by atoms with E-state index in [-0.39, 0.29) is 44.9 Å². The van der Waals surface area contributed by atoms with Gasteiger partial charge in [0, 0.05) is 49.4 Å². The fraction of sp³-hybridized carbons (Fsp3) is 0.182. The van der Waals surface area contributed by atoms with Crippen LogP contribution in [0.15, 0.2) is 60.7 Å². The van der Waals surface area contributed by atoms with Crippen LogP contribution in [0.25, 0.3) is 0 Å². The molecule has 0 aliphatic heterocycles. The van der Waals surface area contributed by atoms with Gasteiger partial charge in [-0.05, 0) is 0 Å². The molecular weight excluding hydrogens is 376 g/mol. The first-order chi connectivity index (χ1) is 12.3. The maximum Gasteiger partial charge on any atom is 0.278 e. The molecule has 0 aliphatic rings. The molecule has 140 valence electrons. The van der Waals surface area contributed by atoms with Crippen molar-refractivity contribution >= 4 is 23.1 Å². The molecule has 0 aliphatic carbocycles. The van der Waals surface area contributed by atoms with Crippen LogP contribution in [0, 0.1) is 11.8 Å².